The monoisotopic (exact) mass is 521 g/mol. The van der Waals surface area contributed by atoms with Crippen LogP contribution in [0.25, 0.3) is 0 Å². The van der Waals surface area contributed by atoms with Crippen LogP contribution in [0.3, 0.4) is 0 Å². The van der Waals surface area contributed by atoms with Gasteiger partial charge in [0.15, 0.2) is 17.4 Å². The van der Waals surface area contributed by atoms with Gasteiger partial charge in [-0.15, -0.1) is 0 Å². The first-order valence-electron chi connectivity index (χ1n) is 9.93. The van der Waals surface area contributed by atoms with Crippen LogP contribution in [0.4, 0.5) is 14.6 Å². The molecule has 1 amide bonds. The molecule has 0 saturated heterocycles. The molecule has 0 saturated carbocycles. The first kappa shape index (κ1) is 24.0. The maximum absolute atomic E-state index is 13.8. The molecule has 0 radical (unpaired) electrons. The second kappa shape index (κ2) is 10.4. The lowest BCUT2D eigenvalue weighted by atomic mass is 10.1. The predicted octanol–water partition coefficient (Wildman–Crippen LogP) is 7.00. The van der Waals surface area contributed by atoms with Gasteiger partial charge in [0.05, 0.1) is 6.54 Å². The third kappa shape index (κ3) is 5.86. The van der Waals surface area contributed by atoms with Crippen LogP contribution >= 0.6 is 34.8 Å². The average molecular weight is 523 g/mol. The summed E-state index contributed by atoms with van der Waals surface area (Å²) in [6.45, 7) is 0.319. The van der Waals surface area contributed by atoms with Crippen LogP contribution in [0.5, 0.6) is 5.75 Å². The molecule has 0 fully saturated rings. The molecule has 5 nitrogen and oxygen atoms in total. The van der Waals surface area contributed by atoms with Gasteiger partial charge < -0.3 is 10.1 Å². The number of carbonyl (C=O) groups excluding carboxylic acids is 1. The quantitative estimate of drug-likeness (QED) is 0.284. The van der Waals surface area contributed by atoms with Crippen molar-refractivity contribution in [3.8, 4) is 5.75 Å². The maximum atomic E-state index is 13.8. The van der Waals surface area contributed by atoms with E-state index in [1.165, 1.54) is 6.07 Å². The highest BCUT2D eigenvalue weighted by molar-refractivity contribution is 6.35. The molecule has 0 atom stereocenters. The number of rotatable bonds is 7. The number of halogens is 5. The standard InChI is InChI=1S/C24H16Cl3F2N3O2/c25-17-5-4-16(19(26)9-17)11-32-12-20(27)23(31-32)30-24(33)15-3-1-2-14(8-15)13-34-22-7-6-18(28)10-21(22)29/h1-10,12H,11,13H2,(H,30,31,33). The number of nitrogens with zero attached hydrogens (tertiary/aromatic N) is 2. The Labute approximate surface area is 208 Å². The molecule has 10 heteroatoms. The normalized spacial score (nSPS) is 10.9. The molecule has 0 aliphatic rings. The van der Waals surface area contributed by atoms with Gasteiger partial charge >= 0.3 is 0 Å². The smallest absolute Gasteiger partial charge is 0.256 e. The molecule has 174 valence electrons. The molecule has 1 heterocycles. The van der Waals surface area contributed by atoms with Gasteiger partial charge in [0.2, 0.25) is 0 Å². The summed E-state index contributed by atoms with van der Waals surface area (Å²) in [5, 5.41) is 8.25. The van der Waals surface area contributed by atoms with Crippen molar-refractivity contribution in [2.45, 2.75) is 13.2 Å². The zero-order chi connectivity index (χ0) is 24.2. The maximum Gasteiger partial charge on any atom is 0.256 e. The Morgan fingerprint density at radius 2 is 1.82 bits per heavy atom. The van der Waals surface area contributed by atoms with Crippen LogP contribution < -0.4 is 10.1 Å². The van der Waals surface area contributed by atoms with Crippen LogP contribution in [0, 0.1) is 11.6 Å². The summed E-state index contributed by atoms with van der Waals surface area (Å²) in [6, 6.07) is 14.8. The second-order valence-corrected chi connectivity index (χ2v) is 8.53. The van der Waals surface area contributed by atoms with Crippen LogP contribution in [-0.4, -0.2) is 15.7 Å². The molecule has 0 spiro atoms. The van der Waals surface area contributed by atoms with Crippen molar-refractivity contribution in [1.82, 2.24) is 9.78 Å². The van der Waals surface area contributed by atoms with E-state index >= 15 is 0 Å². The highest BCUT2D eigenvalue weighted by Gasteiger charge is 2.14. The van der Waals surface area contributed by atoms with Gasteiger partial charge in [0.25, 0.3) is 5.91 Å². The molecule has 0 unspecified atom stereocenters. The average Bonchev–Trinajstić information content (AvgIpc) is 3.14. The number of ether oxygens (including phenoxy) is 1. The fourth-order valence-electron chi connectivity index (χ4n) is 3.12. The summed E-state index contributed by atoms with van der Waals surface area (Å²) < 4.78 is 33.7. The summed E-state index contributed by atoms with van der Waals surface area (Å²) in [4.78, 5) is 12.7. The number of anilines is 1. The van der Waals surface area contributed by atoms with Gasteiger partial charge in [-0.05, 0) is 47.5 Å². The summed E-state index contributed by atoms with van der Waals surface area (Å²) in [6.07, 6.45) is 1.57. The van der Waals surface area contributed by atoms with Gasteiger partial charge in [0, 0.05) is 27.9 Å². The lowest BCUT2D eigenvalue weighted by Gasteiger charge is -2.09. The molecule has 3 aromatic carbocycles. The Hall–Kier alpha value is -3.13. The predicted molar refractivity (Wildman–Crippen MR) is 128 cm³/mol. The summed E-state index contributed by atoms with van der Waals surface area (Å²) >= 11 is 18.4. The number of amides is 1. The first-order valence-corrected chi connectivity index (χ1v) is 11.1. The minimum absolute atomic E-state index is 0.0130. The largest absolute Gasteiger partial charge is 0.486 e. The van der Waals surface area contributed by atoms with E-state index in [-0.39, 0.29) is 23.2 Å². The Morgan fingerprint density at radius 3 is 2.59 bits per heavy atom. The van der Waals surface area contributed by atoms with Crippen LogP contribution in [0.15, 0.2) is 66.9 Å². The Balaban J connectivity index is 1.42. The van der Waals surface area contributed by atoms with E-state index < -0.39 is 17.5 Å². The lowest BCUT2D eigenvalue weighted by Crippen LogP contribution is -2.13. The number of hydrogen-bond acceptors (Lipinski definition) is 3. The van der Waals surface area contributed by atoms with E-state index in [9.17, 15) is 13.6 Å². The minimum atomic E-state index is -0.806. The molecule has 0 aliphatic carbocycles. The van der Waals surface area contributed by atoms with Crippen LogP contribution in [0.2, 0.25) is 15.1 Å². The zero-order valence-electron chi connectivity index (χ0n) is 17.4. The minimum Gasteiger partial charge on any atom is -0.486 e. The Morgan fingerprint density at radius 1 is 1.00 bits per heavy atom. The van der Waals surface area contributed by atoms with Crippen LogP contribution in [0.1, 0.15) is 21.5 Å². The molecule has 34 heavy (non-hydrogen) atoms. The Kier molecular flexibility index (Phi) is 7.36. The molecule has 1 N–H and O–H groups in total. The lowest BCUT2D eigenvalue weighted by molar-refractivity contribution is 0.102. The van der Waals surface area contributed by atoms with E-state index in [0.29, 0.717) is 27.7 Å². The van der Waals surface area contributed by atoms with Crippen molar-refractivity contribution < 1.29 is 18.3 Å². The number of hydrogen-bond donors (Lipinski definition) is 1. The van der Waals surface area contributed by atoms with Crippen molar-refractivity contribution >= 4 is 46.5 Å². The van der Waals surface area contributed by atoms with Crippen molar-refractivity contribution in [3.05, 3.63) is 110 Å². The van der Waals surface area contributed by atoms with E-state index in [1.54, 1.807) is 53.3 Å². The SMILES string of the molecule is O=C(Nc1nn(Cc2ccc(Cl)cc2Cl)cc1Cl)c1cccc(COc2ccc(F)cc2F)c1. The zero-order valence-corrected chi connectivity index (χ0v) is 19.6. The first-order chi connectivity index (χ1) is 16.3. The van der Waals surface area contributed by atoms with Crippen molar-refractivity contribution in [2.24, 2.45) is 0 Å². The van der Waals surface area contributed by atoms with Gasteiger partial charge in [-0.1, -0.05) is 53.0 Å². The fraction of sp³-hybridized carbons (Fsp3) is 0.0833. The van der Waals surface area contributed by atoms with Crippen molar-refractivity contribution in [1.29, 1.82) is 0 Å². The van der Waals surface area contributed by atoms with Gasteiger partial charge in [-0.25, -0.2) is 8.78 Å². The van der Waals surface area contributed by atoms with E-state index in [2.05, 4.69) is 10.4 Å². The molecular weight excluding hydrogens is 507 g/mol. The summed E-state index contributed by atoms with van der Waals surface area (Å²) in [5.41, 5.74) is 1.73. The number of carbonyl (C=O) groups is 1. The second-order valence-electron chi connectivity index (χ2n) is 7.28. The number of benzene rings is 3. The van der Waals surface area contributed by atoms with Gasteiger partial charge in [-0.3, -0.25) is 9.48 Å². The number of aromatic nitrogens is 2. The third-order valence-electron chi connectivity index (χ3n) is 4.77. The molecule has 1 aromatic heterocycles. The summed E-state index contributed by atoms with van der Waals surface area (Å²) in [7, 11) is 0. The van der Waals surface area contributed by atoms with E-state index in [4.69, 9.17) is 39.5 Å². The molecule has 4 rings (SSSR count). The third-order valence-corrected chi connectivity index (χ3v) is 5.64. The molecule has 0 aliphatic heterocycles. The van der Waals surface area contributed by atoms with Gasteiger partial charge in [-0.2, -0.15) is 5.10 Å². The van der Waals surface area contributed by atoms with Crippen LogP contribution in [-0.2, 0) is 13.2 Å². The fourth-order valence-corrected chi connectivity index (χ4v) is 3.79. The van der Waals surface area contributed by atoms with E-state index in [0.717, 1.165) is 17.7 Å². The van der Waals surface area contributed by atoms with Gasteiger partial charge in [0.1, 0.15) is 17.4 Å². The van der Waals surface area contributed by atoms with E-state index in [1.807, 2.05) is 0 Å². The number of nitrogens with one attached hydrogen (secondary N) is 1. The highest BCUT2D eigenvalue weighted by atomic mass is 35.5. The topological polar surface area (TPSA) is 56.2 Å². The Bertz CT molecular complexity index is 1360. The molecular formula is C24H16Cl3F2N3O2. The highest BCUT2D eigenvalue weighted by Crippen LogP contribution is 2.25. The molecule has 4 aromatic rings. The molecule has 0 bridgehead atoms. The summed E-state index contributed by atoms with van der Waals surface area (Å²) in [5.74, 6) is -1.84. The van der Waals surface area contributed by atoms with Crippen molar-refractivity contribution in [3.63, 3.8) is 0 Å². The van der Waals surface area contributed by atoms with Crippen molar-refractivity contribution in [2.75, 3.05) is 5.32 Å².